The van der Waals surface area contributed by atoms with E-state index in [0.717, 1.165) is 17.5 Å². The fourth-order valence-electron chi connectivity index (χ4n) is 2.48. The molecule has 1 amide bonds. The third kappa shape index (κ3) is 5.20. The Kier molecular flexibility index (Phi) is 6.78. The molecule has 0 saturated carbocycles. The molecule has 0 aliphatic rings. The minimum Gasteiger partial charge on any atom is -0.380 e. The maximum atomic E-state index is 12.9. The molecule has 2 rings (SSSR count). The van der Waals surface area contributed by atoms with Crippen molar-refractivity contribution in [2.24, 2.45) is 5.73 Å². The Labute approximate surface area is 137 Å². The van der Waals surface area contributed by atoms with Crippen LogP contribution in [-0.2, 0) is 17.9 Å². The summed E-state index contributed by atoms with van der Waals surface area (Å²) in [6.07, 6.45) is 0.788. The van der Waals surface area contributed by atoms with Crippen LogP contribution in [0.5, 0.6) is 0 Å². The molecule has 4 nitrogen and oxygen atoms in total. The Morgan fingerprint density at radius 1 is 1.09 bits per heavy atom. The largest absolute Gasteiger partial charge is 0.380 e. The second-order valence-corrected chi connectivity index (χ2v) is 5.49. The highest BCUT2D eigenvalue weighted by atomic mass is 16.5. The van der Waals surface area contributed by atoms with E-state index in [4.69, 9.17) is 10.5 Å². The summed E-state index contributed by atoms with van der Waals surface area (Å²) in [7, 11) is 1.65. The first-order chi connectivity index (χ1) is 11.2. The van der Waals surface area contributed by atoms with Gasteiger partial charge in [-0.2, -0.15) is 0 Å². The van der Waals surface area contributed by atoms with E-state index in [9.17, 15) is 4.79 Å². The Morgan fingerprint density at radius 2 is 1.83 bits per heavy atom. The van der Waals surface area contributed by atoms with Crippen LogP contribution >= 0.6 is 0 Å². The smallest absolute Gasteiger partial charge is 0.254 e. The van der Waals surface area contributed by atoms with Crippen molar-refractivity contribution in [1.29, 1.82) is 0 Å². The molecule has 0 unspecified atom stereocenters. The van der Waals surface area contributed by atoms with Crippen LogP contribution in [-0.4, -0.2) is 31.0 Å². The summed E-state index contributed by atoms with van der Waals surface area (Å²) in [5.74, 6) is 0.0280. The van der Waals surface area contributed by atoms with E-state index in [1.165, 1.54) is 0 Å². The van der Waals surface area contributed by atoms with Crippen LogP contribution in [0.25, 0.3) is 0 Å². The number of rotatable bonds is 8. The lowest BCUT2D eigenvalue weighted by Crippen LogP contribution is -2.32. The van der Waals surface area contributed by atoms with Crippen LogP contribution in [0.15, 0.2) is 54.6 Å². The Hall–Kier alpha value is -2.17. The Bertz CT molecular complexity index is 614. The van der Waals surface area contributed by atoms with Crippen LogP contribution in [0, 0.1) is 0 Å². The molecule has 0 radical (unpaired) electrons. The van der Waals surface area contributed by atoms with Crippen LogP contribution in [0.2, 0.25) is 0 Å². The SMILES string of the molecule is COCc1cccc(C(=O)N(CCCN)Cc2ccccc2)c1. The van der Waals surface area contributed by atoms with E-state index < -0.39 is 0 Å². The lowest BCUT2D eigenvalue weighted by atomic mass is 10.1. The minimum atomic E-state index is 0.0280. The highest BCUT2D eigenvalue weighted by molar-refractivity contribution is 5.94. The molecule has 0 heterocycles. The van der Waals surface area contributed by atoms with Gasteiger partial charge in [0, 0.05) is 25.8 Å². The molecule has 2 N–H and O–H groups in total. The summed E-state index contributed by atoms with van der Waals surface area (Å²) in [6, 6.07) is 17.6. The number of hydrogen-bond donors (Lipinski definition) is 1. The number of amides is 1. The number of nitrogens with zero attached hydrogens (tertiary/aromatic N) is 1. The van der Waals surface area contributed by atoms with Crippen molar-refractivity contribution in [2.45, 2.75) is 19.6 Å². The summed E-state index contributed by atoms with van der Waals surface area (Å²) in [6.45, 7) is 2.32. The van der Waals surface area contributed by atoms with E-state index >= 15 is 0 Å². The molecule has 2 aromatic carbocycles. The van der Waals surface area contributed by atoms with Crippen molar-refractivity contribution < 1.29 is 9.53 Å². The lowest BCUT2D eigenvalue weighted by molar-refractivity contribution is 0.0742. The van der Waals surface area contributed by atoms with Crippen LogP contribution in [0.1, 0.15) is 27.9 Å². The average molecular weight is 312 g/mol. The number of carbonyl (C=O) groups excluding carboxylic acids is 1. The van der Waals surface area contributed by atoms with Gasteiger partial charge in [-0.15, -0.1) is 0 Å². The van der Waals surface area contributed by atoms with Gasteiger partial charge in [-0.25, -0.2) is 0 Å². The molecule has 0 atom stereocenters. The molecule has 4 heteroatoms. The first kappa shape index (κ1) is 17.2. The fourth-order valence-corrected chi connectivity index (χ4v) is 2.48. The zero-order chi connectivity index (χ0) is 16.5. The molecule has 122 valence electrons. The van der Waals surface area contributed by atoms with Gasteiger partial charge in [0.1, 0.15) is 0 Å². The standard InChI is InChI=1S/C19H24N2O2/c1-23-15-17-9-5-10-18(13-17)19(22)21(12-6-11-20)14-16-7-3-2-4-8-16/h2-5,7-10,13H,6,11-12,14-15,20H2,1H3. The number of ether oxygens (including phenoxy) is 1. The van der Waals surface area contributed by atoms with E-state index in [1.807, 2.05) is 59.5 Å². The molecule has 23 heavy (non-hydrogen) atoms. The quantitative estimate of drug-likeness (QED) is 0.815. The molecule has 0 bridgehead atoms. The van der Waals surface area contributed by atoms with Gasteiger partial charge in [0.05, 0.1) is 6.61 Å². The van der Waals surface area contributed by atoms with Gasteiger partial charge >= 0.3 is 0 Å². The highest BCUT2D eigenvalue weighted by Gasteiger charge is 2.16. The molecule has 0 fully saturated rings. The highest BCUT2D eigenvalue weighted by Crippen LogP contribution is 2.13. The topological polar surface area (TPSA) is 55.6 Å². The van der Waals surface area contributed by atoms with Gasteiger partial charge in [-0.3, -0.25) is 4.79 Å². The van der Waals surface area contributed by atoms with Gasteiger partial charge in [-0.1, -0.05) is 42.5 Å². The molecule has 0 aliphatic carbocycles. The van der Waals surface area contributed by atoms with Crippen LogP contribution in [0.4, 0.5) is 0 Å². The Morgan fingerprint density at radius 3 is 2.52 bits per heavy atom. The van der Waals surface area contributed by atoms with Gasteiger partial charge in [-0.05, 0) is 36.2 Å². The second-order valence-electron chi connectivity index (χ2n) is 5.49. The summed E-state index contributed by atoms with van der Waals surface area (Å²) in [4.78, 5) is 14.7. The predicted octanol–water partition coefficient (Wildman–Crippen LogP) is 2.82. The predicted molar refractivity (Wildman–Crippen MR) is 92.0 cm³/mol. The molecular weight excluding hydrogens is 288 g/mol. The molecule has 2 aromatic rings. The third-order valence-corrected chi connectivity index (χ3v) is 3.62. The van der Waals surface area contributed by atoms with E-state index in [2.05, 4.69) is 0 Å². The first-order valence-electron chi connectivity index (χ1n) is 7.85. The molecule has 0 spiro atoms. The third-order valence-electron chi connectivity index (χ3n) is 3.62. The summed E-state index contributed by atoms with van der Waals surface area (Å²) in [5.41, 5.74) is 8.42. The zero-order valence-electron chi connectivity index (χ0n) is 13.6. The van der Waals surface area contributed by atoms with E-state index in [-0.39, 0.29) is 5.91 Å². The van der Waals surface area contributed by atoms with E-state index in [1.54, 1.807) is 7.11 Å². The summed E-state index contributed by atoms with van der Waals surface area (Å²) >= 11 is 0. The number of nitrogens with two attached hydrogens (primary N) is 1. The maximum absolute atomic E-state index is 12.9. The number of benzene rings is 2. The molecular formula is C19H24N2O2. The van der Waals surface area contributed by atoms with Crippen molar-refractivity contribution in [2.75, 3.05) is 20.2 Å². The van der Waals surface area contributed by atoms with Gasteiger partial charge in [0.2, 0.25) is 0 Å². The first-order valence-corrected chi connectivity index (χ1v) is 7.85. The number of hydrogen-bond acceptors (Lipinski definition) is 3. The van der Waals surface area contributed by atoms with Crippen molar-refractivity contribution >= 4 is 5.91 Å². The molecule has 0 saturated heterocycles. The zero-order valence-corrected chi connectivity index (χ0v) is 13.6. The summed E-state index contributed by atoms with van der Waals surface area (Å²) in [5, 5.41) is 0. The van der Waals surface area contributed by atoms with Crippen LogP contribution < -0.4 is 5.73 Å². The minimum absolute atomic E-state index is 0.0280. The van der Waals surface area contributed by atoms with Gasteiger partial charge < -0.3 is 15.4 Å². The van der Waals surface area contributed by atoms with Crippen molar-refractivity contribution in [3.63, 3.8) is 0 Å². The normalized spacial score (nSPS) is 10.5. The summed E-state index contributed by atoms with van der Waals surface area (Å²) < 4.78 is 5.14. The number of carbonyl (C=O) groups is 1. The van der Waals surface area contributed by atoms with Crippen molar-refractivity contribution in [3.8, 4) is 0 Å². The fraction of sp³-hybridized carbons (Fsp3) is 0.316. The second kappa shape index (κ2) is 9.08. The van der Waals surface area contributed by atoms with Crippen molar-refractivity contribution in [1.82, 2.24) is 4.90 Å². The maximum Gasteiger partial charge on any atom is 0.254 e. The van der Waals surface area contributed by atoms with E-state index in [0.29, 0.717) is 31.8 Å². The molecule has 0 aliphatic heterocycles. The molecule has 0 aromatic heterocycles. The van der Waals surface area contributed by atoms with Crippen LogP contribution in [0.3, 0.4) is 0 Å². The lowest BCUT2D eigenvalue weighted by Gasteiger charge is -2.23. The van der Waals surface area contributed by atoms with Gasteiger partial charge in [0.25, 0.3) is 5.91 Å². The monoisotopic (exact) mass is 312 g/mol. The van der Waals surface area contributed by atoms with Gasteiger partial charge in [0.15, 0.2) is 0 Å². The van der Waals surface area contributed by atoms with Crippen molar-refractivity contribution in [3.05, 3.63) is 71.3 Å². The Balaban J connectivity index is 2.16. The number of methoxy groups -OCH3 is 1. The average Bonchev–Trinajstić information content (AvgIpc) is 2.59.